The second-order valence-corrected chi connectivity index (χ2v) is 10.4. The largest absolute Gasteiger partial charge is 0.319 e. The van der Waals surface area contributed by atoms with Crippen LogP contribution in [0.15, 0.2) is 66.0 Å². The quantitative estimate of drug-likeness (QED) is 0.254. The number of halogens is 1. The predicted octanol–water partition coefficient (Wildman–Crippen LogP) is 3.09. The number of rotatable bonds is 8. The van der Waals surface area contributed by atoms with Crippen molar-refractivity contribution < 1.29 is 9.18 Å². The smallest absolute Gasteiger partial charge is 0.277 e. The van der Waals surface area contributed by atoms with Gasteiger partial charge < -0.3 is 15.2 Å². The molecule has 0 fully saturated rings. The molecule has 1 aromatic carbocycles. The fourth-order valence-corrected chi connectivity index (χ4v) is 5.09. The summed E-state index contributed by atoms with van der Waals surface area (Å²) in [6.45, 7) is 3.78. The van der Waals surface area contributed by atoms with Crippen LogP contribution < -0.4 is 16.2 Å². The molecule has 12 nitrogen and oxygen atoms in total. The van der Waals surface area contributed by atoms with Crippen molar-refractivity contribution in [2.75, 3.05) is 12.4 Å². The second kappa shape index (κ2) is 11.5. The highest BCUT2D eigenvalue weighted by molar-refractivity contribution is 5.94. The Morgan fingerprint density at radius 3 is 2.84 bits per heavy atom. The number of benzene rings is 1. The fourth-order valence-electron chi connectivity index (χ4n) is 5.09. The molecule has 0 saturated heterocycles. The normalized spacial score (nSPS) is 14.8. The lowest BCUT2D eigenvalue weighted by molar-refractivity contribution is -0.117. The number of alkyl halides is 1. The van der Waals surface area contributed by atoms with Crippen LogP contribution in [0.1, 0.15) is 29.3 Å². The molecule has 0 spiro atoms. The van der Waals surface area contributed by atoms with E-state index in [4.69, 9.17) is 0 Å². The molecule has 1 unspecified atom stereocenters. The van der Waals surface area contributed by atoms with Crippen molar-refractivity contribution in [3.63, 3.8) is 0 Å². The number of tetrazole rings is 1. The highest BCUT2D eigenvalue weighted by Gasteiger charge is 2.21. The maximum atomic E-state index is 14.1. The minimum atomic E-state index is -1.01. The molecule has 3 N–H and O–H groups in total. The first-order valence-corrected chi connectivity index (χ1v) is 13.7. The van der Waals surface area contributed by atoms with Crippen LogP contribution in [0, 0.1) is 6.92 Å². The molecule has 43 heavy (non-hydrogen) atoms. The Bertz CT molecular complexity index is 1890. The van der Waals surface area contributed by atoms with Crippen LogP contribution in [0.3, 0.4) is 0 Å². The van der Waals surface area contributed by atoms with Gasteiger partial charge in [-0.2, -0.15) is 5.21 Å². The van der Waals surface area contributed by atoms with Gasteiger partial charge >= 0.3 is 0 Å². The number of pyridine rings is 1. The zero-order chi connectivity index (χ0) is 30.1. The third-order valence-electron chi connectivity index (χ3n) is 7.48. The summed E-state index contributed by atoms with van der Waals surface area (Å²) in [6, 6.07) is 8.71. The number of anilines is 1. The average Bonchev–Trinajstić information content (AvgIpc) is 3.67. The summed E-state index contributed by atoms with van der Waals surface area (Å²) >= 11 is 0. The van der Waals surface area contributed by atoms with Gasteiger partial charge in [-0.25, -0.2) is 9.37 Å². The Hall–Kier alpha value is -5.30. The van der Waals surface area contributed by atoms with E-state index in [1.165, 1.54) is 10.8 Å². The van der Waals surface area contributed by atoms with Gasteiger partial charge in [-0.3, -0.25) is 19.1 Å². The third-order valence-corrected chi connectivity index (χ3v) is 7.48. The number of aryl methyl sites for hydroxylation is 1. The number of likely N-dealkylation sites (N-methyl/N-ethyl adjacent to an activating group) is 1. The number of aromatic amines is 1. The lowest BCUT2D eigenvalue weighted by Gasteiger charge is -2.17. The van der Waals surface area contributed by atoms with Crippen LogP contribution in [-0.4, -0.2) is 64.9 Å². The van der Waals surface area contributed by atoms with E-state index in [0.29, 0.717) is 29.2 Å². The summed E-state index contributed by atoms with van der Waals surface area (Å²) in [4.78, 5) is 35.6. The van der Waals surface area contributed by atoms with E-state index in [1.54, 1.807) is 38.5 Å². The van der Waals surface area contributed by atoms with Crippen molar-refractivity contribution in [2.45, 2.75) is 39.0 Å². The maximum Gasteiger partial charge on any atom is 0.277 e. The number of carbonyl (C=O) groups excluding carboxylic acids is 1. The summed E-state index contributed by atoms with van der Waals surface area (Å²) in [5.74, 6) is 0.419. The first kappa shape index (κ1) is 27.8. The summed E-state index contributed by atoms with van der Waals surface area (Å²) < 4.78 is 17.6. The van der Waals surface area contributed by atoms with Crippen LogP contribution in [0.5, 0.6) is 0 Å². The van der Waals surface area contributed by atoms with Gasteiger partial charge in [-0.1, -0.05) is 18.2 Å². The van der Waals surface area contributed by atoms with E-state index < -0.39 is 17.8 Å². The first-order chi connectivity index (χ1) is 20.8. The van der Waals surface area contributed by atoms with E-state index in [2.05, 4.69) is 41.2 Å². The molecule has 6 rings (SSSR count). The number of carbonyl (C=O) groups is 1. The van der Waals surface area contributed by atoms with Gasteiger partial charge in [0.1, 0.15) is 17.7 Å². The monoisotopic (exact) mass is 580 g/mol. The van der Waals surface area contributed by atoms with Crippen molar-refractivity contribution in [2.24, 2.45) is 0 Å². The molecule has 5 aromatic rings. The minimum absolute atomic E-state index is 0.0512. The number of nitrogens with zero attached hydrogens (tertiary/aromatic N) is 7. The summed E-state index contributed by atoms with van der Waals surface area (Å²) in [7, 11) is 1.66. The predicted molar refractivity (Wildman–Crippen MR) is 159 cm³/mol. The molecule has 0 bridgehead atoms. The number of hydrogen-bond donors (Lipinski definition) is 3. The van der Waals surface area contributed by atoms with Crippen molar-refractivity contribution in [3.05, 3.63) is 93.9 Å². The molecule has 218 valence electrons. The highest BCUT2D eigenvalue weighted by atomic mass is 19.1. The van der Waals surface area contributed by atoms with Crippen LogP contribution in [0.4, 0.5) is 10.1 Å². The Morgan fingerprint density at radius 2 is 2.05 bits per heavy atom. The van der Waals surface area contributed by atoms with Gasteiger partial charge in [0, 0.05) is 35.6 Å². The molecular formula is C30H29FN10O2. The lowest BCUT2D eigenvalue weighted by Crippen LogP contribution is -2.38. The molecule has 0 aliphatic heterocycles. The van der Waals surface area contributed by atoms with Crippen LogP contribution >= 0.6 is 0 Å². The van der Waals surface area contributed by atoms with E-state index in [-0.39, 0.29) is 18.1 Å². The molecule has 4 aromatic heterocycles. The molecule has 13 heteroatoms. The second-order valence-electron chi connectivity index (χ2n) is 10.4. The zero-order valence-corrected chi connectivity index (χ0v) is 23.7. The Labute approximate surface area is 245 Å². The fraction of sp³-hybridized carbons (Fsp3) is 0.233. The zero-order valence-electron chi connectivity index (χ0n) is 23.7. The van der Waals surface area contributed by atoms with Gasteiger partial charge in [0.15, 0.2) is 0 Å². The Kier molecular flexibility index (Phi) is 7.47. The number of allylic oxidation sites excluding steroid dienone is 1. The van der Waals surface area contributed by atoms with Crippen LogP contribution in [-0.2, 0) is 17.8 Å². The number of hydrogen-bond acceptors (Lipinski definition) is 8. The molecule has 0 saturated carbocycles. The van der Waals surface area contributed by atoms with Crippen molar-refractivity contribution in [1.29, 1.82) is 0 Å². The highest BCUT2D eigenvalue weighted by Crippen LogP contribution is 2.29. The molecule has 1 amide bonds. The van der Waals surface area contributed by atoms with Gasteiger partial charge in [0.05, 0.1) is 30.7 Å². The number of nitrogens with one attached hydrogen (secondary N) is 3. The van der Waals surface area contributed by atoms with Crippen LogP contribution in [0.2, 0.25) is 0 Å². The number of fused-ring (bicyclic) bond motifs is 1. The lowest BCUT2D eigenvalue weighted by atomic mass is 10.00. The third kappa shape index (κ3) is 5.49. The van der Waals surface area contributed by atoms with Crippen molar-refractivity contribution in [3.8, 4) is 28.5 Å². The molecule has 1 aliphatic rings. The van der Waals surface area contributed by atoms with Gasteiger partial charge in [-0.05, 0) is 67.1 Å². The van der Waals surface area contributed by atoms with E-state index >= 15 is 0 Å². The SMILES string of the molecule is CN[C@@H](C)C(=O)Nc1cnc(-c2cccc(-c3nn[nH]n3)c2)n(Cc2cncc(-n3cc(C)c4c3C=CC(F)C4)c2)c1=O. The van der Waals surface area contributed by atoms with Gasteiger partial charge in [-0.15, -0.1) is 10.2 Å². The van der Waals surface area contributed by atoms with E-state index in [0.717, 1.165) is 28.1 Å². The van der Waals surface area contributed by atoms with Crippen molar-refractivity contribution >= 4 is 17.7 Å². The molecule has 0 radical (unpaired) electrons. The van der Waals surface area contributed by atoms with Crippen molar-refractivity contribution in [1.82, 2.24) is 45.0 Å². The number of amides is 1. The topological polar surface area (TPSA) is 148 Å². The maximum absolute atomic E-state index is 14.1. The molecular weight excluding hydrogens is 551 g/mol. The summed E-state index contributed by atoms with van der Waals surface area (Å²) in [6.07, 6.45) is 9.42. The standard InChI is InChI=1S/C30H29FN10O2/c1-17-15-40(26-8-7-22(31)11-24(17)26)23-9-19(12-33-13-23)16-41-28(21-6-4-5-20(10-21)27-36-38-39-37-27)34-14-25(30(41)43)35-29(42)18(2)32-3/h4-10,12-15,18,22,32H,11,16H2,1-3H3,(H,35,42)(H,36,37,38,39)/t18-,22?/m0/s1. The summed E-state index contributed by atoms with van der Waals surface area (Å²) in [5.41, 5.74) is 5.33. The Morgan fingerprint density at radius 1 is 1.21 bits per heavy atom. The van der Waals surface area contributed by atoms with E-state index in [9.17, 15) is 14.0 Å². The summed E-state index contributed by atoms with van der Waals surface area (Å²) in [5, 5.41) is 19.7. The molecule has 4 heterocycles. The molecule has 1 aliphatic carbocycles. The molecule has 2 atom stereocenters. The Balaban J connectivity index is 1.42. The van der Waals surface area contributed by atoms with Gasteiger partial charge in [0.25, 0.3) is 5.56 Å². The van der Waals surface area contributed by atoms with Gasteiger partial charge in [0.2, 0.25) is 11.7 Å². The number of aromatic nitrogens is 8. The van der Waals surface area contributed by atoms with Crippen LogP contribution in [0.25, 0.3) is 34.5 Å². The average molecular weight is 581 g/mol. The first-order valence-electron chi connectivity index (χ1n) is 13.7. The van der Waals surface area contributed by atoms with E-state index in [1.807, 2.05) is 48.0 Å². The minimum Gasteiger partial charge on any atom is -0.319 e. The number of H-pyrrole nitrogens is 1.